The van der Waals surface area contributed by atoms with Crippen molar-refractivity contribution in [1.29, 1.82) is 0 Å². The summed E-state index contributed by atoms with van der Waals surface area (Å²) >= 11 is 0. The van der Waals surface area contributed by atoms with E-state index in [0.29, 0.717) is 18.5 Å². The van der Waals surface area contributed by atoms with Gasteiger partial charge in [0.05, 0.1) is 18.0 Å². The number of carbonyl (C=O) groups is 3. The van der Waals surface area contributed by atoms with E-state index in [0.717, 1.165) is 20.3 Å². The molecule has 3 amide bonds. The molecule has 1 saturated heterocycles. The van der Waals surface area contributed by atoms with Crippen LogP contribution in [0.4, 0.5) is 5.69 Å². The lowest BCUT2D eigenvalue weighted by Gasteiger charge is -2.32. The Kier molecular flexibility index (Phi) is 5.87. The van der Waals surface area contributed by atoms with Crippen LogP contribution < -0.4 is 4.90 Å². The third kappa shape index (κ3) is 4.05. The van der Waals surface area contributed by atoms with Crippen LogP contribution in [-0.4, -0.2) is 61.0 Å². The van der Waals surface area contributed by atoms with Gasteiger partial charge in [0, 0.05) is 25.2 Å². The number of rotatable bonds is 5. The molecule has 0 N–H and O–H groups in total. The molecular weight excluding hydrogens is 430 g/mol. The van der Waals surface area contributed by atoms with Gasteiger partial charge >= 0.3 is 0 Å². The maximum absolute atomic E-state index is 13.2. The topological polar surface area (TPSA) is 95.1 Å². The van der Waals surface area contributed by atoms with Crippen molar-refractivity contribution in [2.24, 2.45) is 0 Å². The molecule has 4 rings (SSSR count). The summed E-state index contributed by atoms with van der Waals surface area (Å²) in [6.07, 6.45) is 1.06. The van der Waals surface area contributed by atoms with E-state index < -0.39 is 21.8 Å². The van der Waals surface area contributed by atoms with Gasteiger partial charge in [0.1, 0.15) is 0 Å². The average molecular weight is 456 g/mol. The van der Waals surface area contributed by atoms with Crippen LogP contribution in [0.3, 0.4) is 0 Å². The van der Waals surface area contributed by atoms with Crippen molar-refractivity contribution in [2.45, 2.75) is 37.6 Å². The molecular formula is C23H25N3O5S. The summed E-state index contributed by atoms with van der Waals surface area (Å²) in [5.74, 6) is -1.16. The fourth-order valence-corrected chi connectivity index (χ4v) is 5.76. The van der Waals surface area contributed by atoms with Crippen molar-refractivity contribution in [3.8, 4) is 0 Å². The Morgan fingerprint density at radius 3 is 2.31 bits per heavy atom. The molecule has 0 spiro atoms. The maximum Gasteiger partial charge on any atom is 0.244 e. The Bertz CT molecular complexity index is 1160. The van der Waals surface area contributed by atoms with Gasteiger partial charge in [0.2, 0.25) is 27.7 Å². The lowest BCUT2D eigenvalue weighted by Crippen LogP contribution is -2.55. The number of piperazine rings is 1. The Hall–Kier alpha value is -3.04. The van der Waals surface area contributed by atoms with Gasteiger partial charge in [0.25, 0.3) is 0 Å². The lowest BCUT2D eigenvalue weighted by molar-refractivity contribution is -0.149. The number of sulfonamides is 1. The van der Waals surface area contributed by atoms with Crippen molar-refractivity contribution in [3.63, 3.8) is 0 Å². The van der Waals surface area contributed by atoms with Gasteiger partial charge in [-0.1, -0.05) is 30.3 Å². The second-order valence-corrected chi connectivity index (χ2v) is 10.1. The number of nitrogens with zero attached hydrogens (tertiary/aromatic N) is 3. The first-order valence-electron chi connectivity index (χ1n) is 10.5. The van der Waals surface area contributed by atoms with Crippen LogP contribution in [0.15, 0.2) is 53.4 Å². The fraction of sp³-hybridized carbons (Fsp3) is 0.348. The Balaban J connectivity index is 1.50. The molecule has 2 aliphatic heterocycles. The standard InChI is InChI=1S/C23H25N3O5S/c1-16-12-19-13-20(8-9-21(19)26(16)17(2)27)32(30,31)24-14-22(28)25(23(29)15-24)11-10-18-6-4-3-5-7-18/h3-9,13,16H,10-12,14-15H2,1-2H3. The molecule has 168 valence electrons. The van der Waals surface area contributed by atoms with Crippen molar-refractivity contribution in [1.82, 2.24) is 9.21 Å². The first kappa shape index (κ1) is 22.2. The number of imide groups is 1. The number of fused-ring (bicyclic) bond motifs is 1. The molecule has 1 fully saturated rings. The zero-order chi connectivity index (χ0) is 23.0. The lowest BCUT2D eigenvalue weighted by atomic mass is 10.1. The summed E-state index contributed by atoms with van der Waals surface area (Å²) in [6, 6.07) is 14.0. The third-order valence-corrected chi connectivity index (χ3v) is 7.72. The number of anilines is 1. The second-order valence-electron chi connectivity index (χ2n) is 8.18. The maximum atomic E-state index is 13.2. The molecule has 0 bridgehead atoms. The highest BCUT2D eigenvalue weighted by Gasteiger charge is 2.38. The Labute approximate surface area is 187 Å². The van der Waals surface area contributed by atoms with Crippen molar-refractivity contribution < 1.29 is 22.8 Å². The summed E-state index contributed by atoms with van der Waals surface area (Å²) in [4.78, 5) is 39.9. The van der Waals surface area contributed by atoms with Gasteiger partial charge in [-0.25, -0.2) is 8.42 Å². The molecule has 9 heteroatoms. The molecule has 2 aromatic rings. The molecule has 0 saturated carbocycles. The van der Waals surface area contributed by atoms with Crippen LogP contribution >= 0.6 is 0 Å². The van der Waals surface area contributed by atoms with E-state index in [1.54, 1.807) is 17.0 Å². The van der Waals surface area contributed by atoms with Gasteiger partial charge in [0.15, 0.2) is 0 Å². The van der Waals surface area contributed by atoms with E-state index in [4.69, 9.17) is 0 Å². The molecule has 2 aliphatic rings. The Morgan fingerprint density at radius 2 is 1.69 bits per heavy atom. The predicted molar refractivity (Wildman–Crippen MR) is 118 cm³/mol. The van der Waals surface area contributed by atoms with Crippen LogP contribution in [0, 0.1) is 0 Å². The summed E-state index contributed by atoms with van der Waals surface area (Å²) in [5.41, 5.74) is 2.45. The van der Waals surface area contributed by atoms with Gasteiger partial charge in [-0.15, -0.1) is 0 Å². The van der Waals surface area contributed by atoms with Crippen molar-refractivity contribution >= 4 is 33.4 Å². The average Bonchev–Trinajstić information content (AvgIpc) is 3.08. The fourth-order valence-electron chi connectivity index (χ4n) is 4.37. The highest BCUT2D eigenvalue weighted by molar-refractivity contribution is 7.89. The largest absolute Gasteiger partial charge is 0.309 e. The molecule has 2 aromatic carbocycles. The van der Waals surface area contributed by atoms with Gasteiger partial charge in [-0.05, 0) is 49.1 Å². The SMILES string of the molecule is CC(=O)N1c2ccc(S(=O)(=O)N3CC(=O)N(CCc4ccccc4)C(=O)C3)cc2CC1C. The van der Waals surface area contributed by atoms with Crippen LogP contribution in [0.1, 0.15) is 25.0 Å². The molecule has 8 nitrogen and oxygen atoms in total. The van der Waals surface area contributed by atoms with E-state index in [-0.39, 0.29) is 36.5 Å². The van der Waals surface area contributed by atoms with E-state index >= 15 is 0 Å². The molecule has 1 atom stereocenters. The minimum atomic E-state index is -4.03. The summed E-state index contributed by atoms with van der Waals surface area (Å²) in [5, 5.41) is 0. The molecule has 1 unspecified atom stereocenters. The number of hydrogen-bond acceptors (Lipinski definition) is 5. The molecule has 2 heterocycles. The minimum Gasteiger partial charge on any atom is -0.309 e. The van der Waals surface area contributed by atoms with Crippen LogP contribution in [0.5, 0.6) is 0 Å². The van der Waals surface area contributed by atoms with Crippen molar-refractivity contribution in [2.75, 3.05) is 24.5 Å². The first-order chi connectivity index (χ1) is 15.2. The predicted octanol–water partition coefficient (Wildman–Crippen LogP) is 1.59. The van der Waals surface area contributed by atoms with Gasteiger partial charge < -0.3 is 4.90 Å². The van der Waals surface area contributed by atoms with Crippen LogP contribution in [0.2, 0.25) is 0 Å². The zero-order valence-electron chi connectivity index (χ0n) is 18.0. The highest BCUT2D eigenvalue weighted by atomic mass is 32.2. The molecule has 0 aliphatic carbocycles. The van der Waals surface area contributed by atoms with Crippen LogP contribution in [0.25, 0.3) is 0 Å². The Morgan fingerprint density at radius 1 is 1.03 bits per heavy atom. The summed E-state index contributed by atoms with van der Waals surface area (Å²) in [6.45, 7) is 2.84. The van der Waals surface area contributed by atoms with Gasteiger partial charge in [-0.2, -0.15) is 4.31 Å². The molecule has 0 radical (unpaired) electrons. The third-order valence-electron chi connectivity index (χ3n) is 5.94. The van der Waals surface area contributed by atoms with Crippen molar-refractivity contribution in [3.05, 3.63) is 59.7 Å². The normalized spacial score (nSPS) is 19.4. The number of carbonyl (C=O) groups excluding carboxylic acids is 3. The minimum absolute atomic E-state index is 0.0205. The van der Waals surface area contributed by atoms with E-state index in [2.05, 4.69) is 0 Å². The monoisotopic (exact) mass is 455 g/mol. The smallest absolute Gasteiger partial charge is 0.244 e. The number of benzene rings is 2. The summed E-state index contributed by atoms with van der Waals surface area (Å²) in [7, 11) is -4.03. The zero-order valence-corrected chi connectivity index (χ0v) is 18.8. The molecule has 0 aromatic heterocycles. The van der Waals surface area contributed by atoms with E-state index in [9.17, 15) is 22.8 Å². The molecule has 32 heavy (non-hydrogen) atoms. The van der Waals surface area contributed by atoms with E-state index in [1.165, 1.54) is 13.0 Å². The number of amides is 3. The highest BCUT2D eigenvalue weighted by Crippen LogP contribution is 2.34. The second kappa shape index (κ2) is 8.48. The van der Waals surface area contributed by atoms with E-state index in [1.807, 2.05) is 37.3 Å². The van der Waals surface area contributed by atoms with Gasteiger partial charge in [-0.3, -0.25) is 19.3 Å². The number of hydrogen-bond donors (Lipinski definition) is 0. The quantitative estimate of drug-likeness (QED) is 0.638. The first-order valence-corrected chi connectivity index (χ1v) is 11.9. The summed E-state index contributed by atoms with van der Waals surface area (Å²) < 4.78 is 27.3. The van der Waals surface area contributed by atoms with Crippen LogP contribution in [-0.2, 0) is 37.2 Å².